The molecule has 0 fully saturated rings. The van der Waals surface area contributed by atoms with Crippen molar-refractivity contribution in [2.24, 2.45) is 4.99 Å². The van der Waals surface area contributed by atoms with Crippen LogP contribution in [-0.2, 0) is 16.1 Å². The standard InChI is InChI=1S/C30H31BrN2O5/c1-3-17-30(29(35)32-20-21-5-13-25(36-2)14-6-21)27(22-7-11-24(31)12-8-22)38-28(33-30)23-9-15-26(16-10-23)37-19-4-18-34/h3,5-16,27,34H,1,4,17-20H2,2H3,(H,32,35)/t27-,30-/m1/s1. The molecule has 8 heteroatoms. The summed E-state index contributed by atoms with van der Waals surface area (Å²) in [5.74, 6) is 1.56. The van der Waals surface area contributed by atoms with Gasteiger partial charge in [0.25, 0.3) is 5.91 Å². The molecular weight excluding hydrogens is 548 g/mol. The van der Waals surface area contributed by atoms with E-state index in [2.05, 4.69) is 27.8 Å². The number of rotatable bonds is 12. The maximum absolute atomic E-state index is 13.9. The average Bonchev–Trinajstić information content (AvgIpc) is 3.33. The molecule has 7 nitrogen and oxygen atoms in total. The van der Waals surface area contributed by atoms with E-state index in [-0.39, 0.29) is 18.9 Å². The van der Waals surface area contributed by atoms with Crippen molar-refractivity contribution in [1.82, 2.24) is 5.32 Å². The van der Waals surface area contributed by atoms with Gasteiger partial charge in [0.1, 0.15) is 11.5 Å². The van der Waals surface area contributed by atoms with Crippen molar-refractivity contribution in [3.8, 4) is 11.5 Å². The number of methoxy groups -OCH3 is 1. The van der Waals surface area contributed by atoms with E-state index >= 15 is 0 Å². The molecule has 2 N–H and O–H groups in total. The Morgan fingerprint density at radius 1 is 1.11 bits per heavy atom. The second-order valence-corrected chi connectivity index (χ2v) is 9.78. The normalized spacial score (nSPS) is 18.3. The maximum atomic E-state index is 13.9. The van der Waals surface area contributed by atoms with Crippen LogP contribution in [0.3, 0.4) is 0 Å². The molecule has 1 aliphatic heterocycles. The van der Waals surface area contributed by atoms with Crippen LogP contribution in [0.25, 0.3) is 0 Å². The van der Waals surface area contributed by atoms with Gasteiger partial charge in [-0.15, -0.1) is 6.58 Å². The van der Waals surface area contributed by atoms with E-state index in [0.29, 0.717) is 31.2 Å². The quantitative estimate of drug-likeness (QED) is 0.223. The zero-order valence-electron chi connectivity index (χ0n) is 21.2. The summed E-state index contributed by atoms with van der Waals surface area (Å²) in [6, 6.07) is 22.6. The first-order valence-electron chi connectivity index (χ1n) is 12.4. The average molecular weight is 579 g/mol. The number of aliphatic hydroxyl groups is 1. The lowest BCUT2D eigenvalue weighted by atomic mass is 9.84. The summed E-state index contributed by atoms with van der Waals surface area (Å²) in [7, 11) is 1.62. The largest absolute Gasteiger partial charge is 0.497 e. The maximum Gasteiger partial charge on any atom is 0.252 e. The molecule has 0 saturated carbocycles. The smallest absolute Gasteiger partial charge is 0.252 e. The minimum atomic E-state index is -1.24. The Morgan fingerprint density at radius 3 is 2.42 bits per heavy atom. The Balaban J connectivity index is 1.64. The number of carbonyl (C=O) groups excluding carboxylic acids is 1. The van der Waals surface area contributed by atoms with Crippen molar-refractivity contribution < 1.29 is 24.1 Å². The fourth-order valence-electron chi connectivity index (χ4n) is 4.25. The number of hydrogen-bond acceptors (Lipinski definition) is 6. The van der Waals surface area contributed by atoms with Crippen LogP contribution < -0.4 is 14.8 Å². The Labute approximate surface area is 231 Å². The molecule has 2 atom stereocenters. The molecule has 0 spiro atoms. The number of nitrogens with one attached hydrogen (secondary N) is 1. The number of aliphatic hydroxyl groups excluding tert-OH is 1. The minimum Gasteiger partial charge on any atom is -0.497 e. The fourth-order valence-corrected chi connectivity index (χ4v) is 4.52. The van der Waals surface area contributed by atoms with Crippen LogP contribution in [0.1, 0.15) is 35.6 Å². The third-order valence-electron chi connectivity index (χ3n) is 6.27. The van der Waals surface area contributed by atoms with E-state index in [4.69, 9.17) is 24.3 Å². The molecule has 0 aliphatic carbocycles. The molecule has 0 saturated heterocycles. The van der Waals surface area contributed by atoms with Crippen LogP contribution >= 0.6 is 15.9 Å². The van der Waals surface area contributed by atoms with Crippen LogP contribution in [0.4, 0.5) is 0 Å². The highest BCUT2D eigenvalue weighted by Gasteiger charge is 2.52. The van der Waals surface area contributed by atoms with Crippen molar-refractivity contribution >= 4 is 27.7 Å². The first-order valence-corrected chi connectivity index (χ1v) is 13.2. The summed E-state index contributed by atoms with van der Waals surface area (Å²) in [6.07, 6.45) is 1.89. The molecule has 198 valence electrons. The molecule has 3 aromatic carbocycles. The zero-order valence-corrected chi connectivity index (χ0v) is 22.8. The second-order valence-electron chi connectivity index (χ2n) is 8.86. The van der Waals surface area contributed by atoms with Crippen molar-refractivity contribution in [2.75, 3.05) is 20.3 Å². The van der Waals surface area contributed by atoms with Gasteiger partial charge in [0.15, 0.2) is 11.6 Å². The van der Waals surface area contributed by atoms with Gasteiger partial charge in [-0.25, -0.2) is 4.99 Å². The predicted octanol–water partition coefficient (Wildman–Crippen LogP) is 5.37. The fraction of sp³-hybridized carbons (Fsp3) is 0.267. The zero-order chi connectivity index (χ0) is 27.0. The highest BCUT2D eigenvalue weighted by molar-refractivity contribution is 9.10. The highest BCUT2D eigenvalue weighted by atomic mass is 79.9. The van der Waals surface area contributed by atoms with Gasteiger partial charge in [0, 0.05) is 36.0 Å². The Morgan fingerprint density at radius 2 is 1.79 bits per heavy atom. The number of carbonyl (C=O) groups is 1. The van der Waals surface area contributed by atoms with Crippen molar-refractivity contribution in [1.29, 1.82) is 0 Å². The van der Waals surface area contributed by atoms with E-state index < -0.39 is 11.6 Å². The third kappa shape index (κ3) is 6.26. The molecule has 0 aromatic heterocycles. The van der Waals surface area contributed by atoms with Gasteiger partial charge >= 0.3 is 0 Å². The molecule has 1 amide bonds. The van der Waals surface area contributed by atoms with E-state index in [1.165, 1.54) is 0 Å². The first kappa shape index (κ1) is 27.4. The monoisotopic (exact) mass is 578 g/mol. The number of halogens is 1. The van der Waals surface area contributed by atoms with Crippen molar-refractivity contribution in [3.63, 3.8) is 0 Å². The van der Waals surface area contributed by atoms with Crippen LogP contribution in [0.5, 0.6) is 11.5 Å². The van der Waals surface area contributed by atoms with Crippen molar-refractivity contribution in [2.45, 2.75) is 31.0 Å². The van der Waals surface area contributed by atoms with Gasteiger partial charge < -0.3 is 24.6 Å². The van der Waals surface area contributed by atoms with E-state index in [1.54, 1.807) is 13.2 Å². The Hall–Kier alpha value is -3.62. The van der Waals surface area contributed by atoms with Gasteiger partial charge in [-0.3, -0.25) is 4.79 Å². The Kier molecular flexibility index (Phi) is 9.20. The number of benzene rings is 3. The van der Waals surface area contributed by atoms with E-state index in [9.17, 15) is 4.79 Å². The predicted molar refractivity (Wildman–Crippen MR) is 151 cm³/mol. The lowest BCUT2D eigenvalue weighted by Gasteiger charge is -2.29. The van der Waals surface area contributed by atoms with Gasteiger partial charge in [0.05, 0.1) is 13.7 Å². The number of hydrogen-bond donors (Lipinski definition) is 2. The molecular formula is C30H31BrN2O5. The lowest BCUT2D eigenvalue weighted by molar-refractivity contribution is -0.129. The first-order chi connectivity index (χ1) is 18.5. The number of nitrogens with zero attached hydrogens (tertiary/aromatic N) is 1. The van der Waals surface area contributed by atoms with Crippen LogP contribution in [0, 0.1) is 0 Å². The van der Waals surface area contributed by atoms with Gasteiger partial charge in [-0.05, 0) is 59.7 Å². The highest BCUT2D eigenvalue weighted by Crippen LogP contribution is 2.43. The lowest BCUT2D eigenvalue weighted by Crippen LogP contribution is -2.47. The van der Waals surface area contributed by atoms with Gasteiger partial charge in [-0.1, -0.05) is 46.3 Å². The van der Waals surface area contributed by atoms with E-state index in [1.807, 2.05) is 72.8 Å². The number of aliphatic imine (C=N–C) groups is 1. The summed E-state index contributed by atoms with van der Waals surface area (Å²) < 4.78 is 18.2. The molecule has 1 aliphatic rings. The SMILES string of the molecule is C=CC[C@@]1(C(=O)NCc2ccc(OC)cc2)N=C(c2ccc(OCCCO)cc2)O[C@@H]1c1ccc(Br)cc1. The molecule has 3 aromatic rings. The number of amides is 1. The van der Waals surface area contributed by atoms with Crippen molar-refractivity contribution in [3.05, 3.63) is 107 Å². The molecule has 0 radical (unpaired) electrons. The molecule has 0 bridgehead atoms. The number of ether oxygens (including phenoxy) is 3. The van der Waals surface area contributed by atoms with E-state index in [0.717, 1.165) is 26.9 Å². The van der Waals surface area contributed by atoms with Gasteiger partial charge in [-0.2, -0.15) is 0 Å². The summed E-state index contributed by atoms with van der Waals surface area (Å²) >= 11 is 3.48. The van der Waals surface area contributed by atoms with Crippen LogP contribution in [0.15, 0.2) is 94.9 Å². The minimum absolute atomic E-state index is 0.0755. The molecule has 4 rings (SSSR count). The third-order valence-corrected chi connectivity index (χ3v) is 6.80. The summed E-state index contributed by atoms with van der Waals surface area (Å²) in [4.78, 5) is 18.8. The summed E-state index contributed by atoms with van der Waals surface area (Å²) in [5, 5.41) is 12.0. The molecule has 0 unspecified atom stereocenters. The summed E-state index contributed by atoms with van der Waals surface area (Å²) in [5.41, 5.74) is 1.26. The Bertz CT molecular complexity index is 1260. The molecule has 1 heterocycles. The van der Waals surface area contributed by atoms with Gasteiger partial charge in [0.2, 0.25) is 5.90 Å². The topological polar surface area (TPSA) is 89.4 Å². The summed E-state index contributed by atoms with van der Waals surface area (Å²) in [6.45, 7) is 4.75. The second kappa shape index (κ2) is 12.8. The molecule has 38 heavy (non-hydrogen) atoms. The van der Waals surface area contributed by atoms with Crippen LogP contribution in [0.2, 0.25) is 0 Å². The van der Waals surface area contributed by atoms with Crippen LogP contribution in [-0.4, -0.2) is 42.8 Å².